The molecule has 3 atom stereocenters. The normalized spacial score (nSPS) is 22.8. The number of nitrogens with zero attached hydrogens (tertiary/aromatic N) is 1. The van der Waals surface area contributed by atoms with Gasteiger partial charge in [-0.25, -0.2) is 0 Å². The molecule has 1 aliphatic rings. The van der Waals surface area contributed by atoms with E-state index in [9.17, 15) is 9.00 Å². The van der Waals surface area contributed by atoms with Gasteiger partial charge in [0.05, 0.1) is 6.04 Å². The Bertz CT molecular complexity index is 280. The molecule has 0 spiro atoms. The first-order valence-corrected chi connectivity index (χ1v) is 7.78. The molecule has 1 heterocycles. The number of piperazine rings is 1. The predicted octanol–water partition coefficient (Wildman–Crippen LogP) is -0.837. The van der Waals surface area contributed by atoms with Crippen molar-refractivity contribution >= 4 is 16.7 Å². The summed E-state index contributed by atoms with van der Waals surface area (Å²) < 4.78 is 11.0. The quantitative estimate of drug-likeness (QED) is 0.678. The van der Waals surface area contributed by atoms with E-state index in [-0.39, 0.29) is 18.0 Å². The van der Waals surface area contributed by atoms with Crippen LogP contribution < -0.4 is 10.6 Å². The van der Waals surface area contributed by atoms with Crippen LogP contribution in [0.2, 0.25) is 0 Å². The van der Waals surface area contributed by atoms with Crippen molar-refractivity contribution in [3.05, 3.63) is 0 Å². The van der Waals surface area contributed by atoms with E-state index in [1.54, 1.807) is 6.26 Å². The Morgan fingerprint density at radius 3 is 2.53 bits per heavy atom. The molecule has 2 N–H and O–H groups in total. The minimum Gasteiger partial charge on any atom is -0.351 e. The van der Waals surface area contributed by atoms with Crippen molar-refractivity contribution in [1.29, 1.82) is 0 Å². The molecule has 17 heavy (non-hydrogen) atoms. The molecule has 0 aromatic heterocycles. The van der Waals surface area contributed by atoms with E-state index in [1.807, 2.05) is 13.8 Å². The summed E-state index contributed by atoms with van der Waals surface area (Å²) in [6.07, 6.45) is 1.66. The lowest BCUT2D eigenvalue weighted by Crippen LogP contribution is -2.54. The van der Waals surface area contributed by atoms with Crippen molar-refractivity contribution in [3.8, 4) is 0 Å². The van der Waals surface area contributed by atoms with Gasteiger partial charge in [0.15, 0.2) is 0 Å². The molecule has 1 saturated heterocycles. The highest BCUT2D eigenvalue weighted by molar-refractivity contribution is 7.84. The topological polar surface area (TPSA) is 61.4 Å². The summed E-state index contributed by atoms with van der Waals surface area (Å²) in [7, 11) is -0.868. The van der Waals surface area contributed by atoms with Crippen LogP contribution in [0.4, 0.5) is 0 Å². The second-order valence-electron chi connectivity index (χ2n) is 4.61. The molecule has 1 amide bonds. The van der Waals surface area contributed by atoms with Crippen LogP contribution in [0.15, 0.2) is 0 Å². The third kappa shape index (κ3) is 5.14. The van der Waals surface area contributed by atoms with Gasteiger partial charge in [0, 0.05) is 55.0 Å². The number of carbonyl (C=O) groups excluding carboxylic acids is 1. The molecule has 0 aromatic carbocycles. The second-order valence-corrected chi connectivity index (χ2v) is 6.09. The minimum absolute atomic E-state index is 0.0290. The van der Waals surface area contributed by atoms with Crippen LogP contribution in [0.25, 0.3) is 0 Å². The maximum atomic E-state index is 12.0. The van der Waals surface area contributed by atoms with Crippen LogP contribution in [-0.4, -0.2) is 65.3 Å². The fourth-order valence-electron chi connectivity index (χ4n) is 1.99. The highest BCUT2D eigenvalue weighted by Crippen LogP contribution is 2.01. The molecular weight excluding hydrogens is 238 g/mol. The third-order valence-corrected chi connectivity index (χ3v) is 3.92. The predicted molar refractivity (Wildman–Crippen MR) is 70.4 cm³/mol. The zero-order chi connectivity index (χ0) is 12.8. The van der Waals surface area contributed by atoms with Gasteiger partial charge in [-0.3, -0.25) is 13.9 Å². The highest BCUT2D eigenvalue weighted by atomic mass is 32.2. The van der Waals surface area contributed by atoms with E-state index < -0.39 is 10.8 Å². The average Bonchev–Trinajstić information content (AvgIpc) is 2.28. The van der Waals surface area contributed by atoms with Crippen molar-refractivity contribution in [1.82, 2.24) is 15.5 Å². The van der Waals surface area contributed by atoms with Crippen molar-refractivity contribution in [2.45, 2.75) is 25.9 Å². The summed E-state index contributed by atoms with van der Waals surface area (Å²) >= 11 is 0. The van der Waals surface area contributed by atoms with Crippen LogP contribution in [0.1, 0.15) is 13.8 Å². The molecule has 1 fully saturated rings. The largest absolute Gasteiger partial charge is 0.351 e. The summed E-state index contributed by atoms with van der Waals surface area (Å²) in [6, 6.07) is -0.136. The van der Waals surface area contributed by atoms with Crippen LogP contribution in [-0.2, 0) is 15.6 Å². The van der Waals surface area contributed by atoms with Gasteiger partial charge in [0.1, 0.15) is 0 Å². The van der Waals surface area contributed by atoms with Gasteiger partial charge in [-0.1, -0.05) is 0 Å². The fraction of sp³-hybridized carbons (Fsp3) is 0.909. The fourth-order valence-corrected chi connectivity index (χ4v) is 2.78. The molecule has 100 valence electrons. The summed E-state index contributed by atoms with van der Waals surface area (Å²) in [5.41, 5.74) is 0. The third-order valence-electron chi connectivity index (χ3n) is 2.95. The first-order chi connectivity index (χ1) is 8.00. The first kappa shape index (κ1) is 14.6. The van der Waals surface area contributed by atoms with E-state index in [0.29, 0.717) is 5.75 Å². The molecule has 0 radical (unpaired) electrons. The lowest BCUT2D eigenvalue weighted by Gasteiger charge is -2.32. The summed E-state index contributed by atoms with van der Waals surface area (Å²) in [5.74, 6) is 0.546. The number of carbonyl (C=O) groups is 1. The lowest BCUT2D eigenvalue weighted by molar-refractivity contribution is -0.126. The van der Waals surface area contributed by atoms with Crippen molar-refractivity contribution in [3.63, 3.8) is 0 Å². The van der Waals surface area contributed by atoms with E-state index in [0.717, 1.165) is 26.2 Å². The Kier molecular flexibility index (Phi) is 6.08. The second kappa shape index (κ2) is 7.08. The monoisotopic (exact) mass is 261 g/mol. The number of hydrogen-bond donors (Lipinski definition) is 2. The maximum Gasteiger partial charge on any atom is 0.237 e. The molecule has 0 saturated carbocycles. The van der Waals surface area contributed by atoms with Gasteiger partial charge in [-0.05, 0) is 13.8 Å². The zero-order valence-electron chi connectivity index (χ0n) is 10.9. The number of amides is 1. The standard InChI is InChI=1S/C11H23N3O2S/c1-9(8-17(3)16)13-11(15)10(2)14-6-4-12-5-7-14/h9-10,12H,4-8H2,1-3H3,(H,13,15). The number of nitrogens with one attached hydrogen (secondary N) is 2. The van der Waals surface area contributed by atoms with E-state index in [1.165, 1.54) is 0 Å². The molecule has 0 aromatic rings. The maximum absolute atomic E-state index is 12.0. The Morgan fingerprint density at radius 2 is 2.00 bits per heavy atom. The van der Waals surface area contributed by atoms with E-state index in [4.69, 9.17) is 0 Å². The minimum atomic E-state index is -0.868. The summed E-state index contributed by atoms with van der Waals surface area (Å²) in [6.45, 7) is 7.50. The van der Waals surface area contributed by atoms with Crippen LogP contribution >= 0.6 is 0 Å². The zero-order valence-corrected chi connectivity index (χ0v) is 11.7. The molecule has 1 rings (SSSR count). The Labute approximate surface area is 106 Å². The van der Waals surface area contributed by atoms with E-state index >= 15 is 0 Å². The number of rotatable bonds is 5. The highest BCUT2D eigenvalue weighted by Gasteiger charge is 2.23. The lowest BCUT2D eigenvalue weighted by atomic mass is 10.2. The van der Waals surface area contributed by atoms with Gasteiger partial charge in [-0.15, -0.1) is 0 Å². The summed E-state index contributed by atoms with van der Waals surface area (Å²) in [4.78, 5) is 14.1. The first-order valence-electron chi connectivity index (χ1n) is 6.06. The molecule has 0 aliphatic carbocycles. The Balaban J connectivity index is 2.37. The van der Waals surface area contributed by atoms with Crippen LogP contribution in [0.3, 0.4) is 0 Å². The average molecular weight is 261 g/mol. The summed E-state index contributed by atoms with van der Waals surface area (Å²) in [5, 5.41) is 6.18. The van der Waals surface area contributed by atoms with Crippen molar-refractivity contribution in [2.24, 2.45) is 0 Å². The molecule has 6 heteroatoms. The smallest absolute Gasteiger partial charge is 0.237 e. The van der Waals surface area contributed by atoms with Crippen molar-refractivity contribution < 1.29 is 9.00 Å². The van der Waals surface area contributed by atoms with Crippen LogP contribution in [0, 0.1) is 0 Å². The van der Waals surface area contributed by atoms with Gasteiger partial charge in [0.25, 0.3) is 0 Å². The van der Waals surface area contributed by atoms with Gasteiger partial charge < -0.3 is 10.6 Å². The Hall–Kier alpha value is -0.460. The Morgan fingerprint density at radius 1 is 1.41 bits per heavy atom. The molecular formula is C11H23N3O2S. The SMILES string of the molecule is CC(CS(C)=O)NC(=O)C(C)N1CCNCC1. The van der Waals surface area contributed by atoms with Gasteiger partial charge in [0.2, 0.25) is 5.91 Å². The molecule has 5 nitrogen and oxygen atoms in total. The van der Waals surface area contributed by atoms with Gasteiger partial charge in [-0.2, -0.15) is 0 Å². The molecule has 1 aliphatic heterocycles. The van der Waals surface area contributed by atoms with Crippen molar-refractivity contribution in [2.75, 3.05) is 38.2 Å². The van der Waals surface area contributed by atoms with Gasteiger partial charge >= 0.3 is 0 Å². The van der Waals surface area contributed by atoms with E-state index in [2.05, 4.69) is 15.5 Å². The molecule has 3 unspecified atom stereocenters. The molecule has 0 bridgehead atoms. The van der Waals surface area contributed by atoms with Crippen LogP contribution in [0.5, 0.6) is 0 Å². The number of hydrogen-bond acceptors (Lipinski definition) is 4.